The number of unbranched alkanes of at least 4 members (excludes halogenated alkanes) is 2. The highest BCUT2D eigenvalue weighted by Gasteiger charge is 2.01. The molecule has 124 valence electrons. The zero-order valence-corrected chi connectivity index (χ0v) is 13.2. The molecule has 7 nitrogen and oxygen atoms in total. The number of nitrogens with one attached hydrogen (secondary N) is 3. The van der Waals surface area contributed by atoms with E-state index < -0.39 is 0 Å². The summed E-state index contributed by atoms with van der Waals surface area (Å²) in [7, 11) is 0. The summed E-state index contributed by atoms with van der Waals surface area (Å²) < 4.78 is 9.87. The summed E-state index contributed by atoms with van der Waals surface area (Å²) in [6.07, 6.45) is 2.99. The van der Waals surface area contributed by atoms with Crippen molar-refractivity contribution in [1.82, 2.24) is 16.0 Å². The van der Waals surface area contributed by atoms with Gasteiger partial charge in [-0.2, -0.15) is 0 Å². The van der Waals surface area contributed by atoms with Gasteiger partial charge in [-0.15, -0.1) is 0 Å². The molecular formula is C14H29N3O4. The molecule has 21 heavy (non-hydrogen) atoms. The topological polar surface area (TPSA) is 88.7 Å². The second-order valence-corrected chi connectivity index (χ2v) is 4.58. The molecule has 7 heteroatoms. The third-order valence-electron chi connectivity index (χ3n) is 2.60. The Balaban J connectivity index is 3.24. The van der Waals surface area contributed by atoms with E-state index >= 15 is 0 Å². The van der Waals surface area contributed by atoms with Gasteiger partial charge in [-0.05, 0) is 12.8 Å². The summed E-state index contributed by atoms with van der Waals surface area (Å²) in [4.78, 5) is 22.4. The maximum absolute atomic E-state index is 11.2. The van der Waals surface area contributed by atoms with Gasteiger partial charge in [0.25, 0.3) is 0 Å². The lowest BCUT2D eigenvalue weighted by atomic mass is 10.4. The molecule has 0 saturated heterocycles. The van der Waals surface area contributed by atoms with Crippen LogP contribution in [0, 0.1) is 0 Å². The van der Waals surface area contributed by atoms with Crippen molar-refractivity contribution in [2.45, 2.75) is 39.5 Å². The van der Waals surface area contributed by atoms with E-state index in [2.05, 4.69) is 16.0 Å². The van der Waals surface area contributed by atoms with Gasteiger partial charge in [-0.3, -0.25) is 0 Å². The second kappa shape index (κ2) is 14.9. The smallest absolute Gasteiger partial charge is 0.407 e. The summed E-state index contributed by atoms with van der Waals surface area (Å²) >= 11 is 0. The van der Waals surface area contributed by atoms with E-state index in [4.69, 9.17) is 9.47 Å². The van der Waals surface area contributed by atoms with Crippen LogP contribution in [0.3, 0.4) is 0 Å². The lowest BCUT2D eigenvalue weighted by molar-refractivity contribution is 0.144. The number of hydrogen-bond donors (Lipinski definition) is 3. The Labute approximate surface area is 127 Å². The average molecular weight is 303 g/mol. The summed E-state index contributed by atoms with van der Waals surface area (Å²) in [5.74, 6) is 0. The standard InChI is InChI=1S/C14H29N3O4/c1-3-5-11-20-13(18)16-9-7-15-8-10-17-14(19)21-12-6-4-2/h15H,3-12H2,1-2H3,(H,16,18)(H,17,19). The maximum Gasteiger partial charge on any atom is 0.407 e. The van der Waals surface area contributed by atoms with E-state index in [1.807, 2.05) is 13.8 Å². The van der Waals surface area contributed by atoms with Crippen LogP contribution in [0.15, 0.2) is 0 Å². The molecule has 0 bridgehead atoms. The molecule has 3 N–H and O–H groups in total. The highest BCUT2D eigenvalue weighted by atomic mass is 16.6. The molecule has 0 aliphatic rings. The number of ether oxygens (including phenoxy) is 2. The van der Waals surface area contributed by atoms with E-state index in [0.717, 1.165) is 25.7 Å². The molecule has 0 rings (SSSR count). The van der Waals surface area contributed by atoms with Gasteiger partial charge in [-0.1, -0.05) is 26.7 Å². The van der Waals surface area contributed by atoms with Gasteiger partial charge in [0, 0.05) is 26.2 Å². The summed E-state index contributed by atoms with van der Waals surface area (Å²) in [5, 5.41) is 8.37. The number of rotatable bonds is 12. The van der Waals surface area contributed by atoms with Crippen LogP contribution in [-0.2, 0) is 9.47 Å². The number of carbonyl (C=O) groups is 2. The lowest BCUT2D eigenvalue weighted by Crippen LogP contribution is -2.36. The van der Waals surface area contributed by atoms with Crippen LogP contribution >= 0.6 is 0 Å². The summed E-state index contributed by atoms with van der Waals surface area (Å²) in [6.45, 7) is 7.22. The van der Waals surface area contributed by atoms with E-state index in [1.165, 1.54) is 0 Å². The summed E-state index contributed by atoms with van der Waals surface area (Å²) in [5.41, 5.74) is 0. The predicted molar refractivity (Wildman–Crippen MR) is 81.4 cm³/mol. The summed E-state index contributed by atoms with van der Waals surface area (Å²) in [6, 6.07) is 0. The highest BCUT2D eigenvalue weighted by molar-refractivity contribution is 5.67. The molecule has 0 aromatic heterocycles. The van der Waals surface area contributed by atoms with Crippen LogP contribution in [0.5, 0.6) is 0 Å². The molecule has 0 radical (unpaired) electrons. The van der Waals surface area contributed by atoms with E-state index in [0.29, 0.717) is 39.4 Å². The number of hydrogen-bond acceptors (Lipinski definition) is 5. The Morgan fingerprint density at radius 2 is 1.19 bits per heavy atom. The van der Waals surface area contributed by atoms with Crippen molar-refractivity contribution in [1.29, 1.82) is 0 Å². The Hall–Kier alpha value is -1.50. The first-order valence-electron chi connectivity index (χ1n) is 7.72. The van der Waals surface area contributed by atoms with Gasteiger partial charge in [-0.25, -0.2) is 9.59 Å². The Bertz CT molecular complexity index is 249. The van der Waals surface area contributed by atoms with Crippen LogP contribution in [0.2, 0.25) is 0 Å². The minimum atomic E-state index is -0.386. The zero-order valence-electron chi connectivity index (χ0n) is 13.2. The molecule has 0 saturated carbocycles. The van der Waals surface area contributed by atoms with Gasteiger partial charge in [0.15, 0.2) is 0 Å². The van der Waals surface area contributed by atoms with E-state index in [-0.39, 0.29) is 12.2 Å². The molecule has 0 aromatic carbocycles. The Kier molecular flexibility index (Phi) is 13.8. The molecule has 2 amide bonds. The Morgan fingerprint density at radius 3 is 1.57 bits per heavy atom. The van der Waals surface area contributed by atoms with E-state index in [1.54, 1.807) is 0 Å². The zero-order chi connectivity index (χ0) is 15.8. The van der Waals surface area contributed by atoms with Crippen molar-refractivity contribution in [2.24, 2.45) is 0 Å². The molecule has 0 aliphatic heterocycles. The third kappa shape index (κ3) is 14.7. The first kappa shape index (κ1) is 19.5. The monoisotopic (exact) mass is 303 g/mol. The van der Waals surface area contributed by atoms with Crippen molar-refractivity contribution in [2.75, 3.05) is 39.4 Å². The minimum absolute atomic E-state index is 0.386. The van der Waals surface area contributed by atoms with Crippen molar-refractivity contribution >= 4 is 12.2 Å². The van der Waals surface area contributed by atoms with Crippen molar-refractivity contribution in [3.8, 4) is 0 Å². The molecule has 0 fully saturated rings. The van der Waals surface area contributed by atoms with Gasteiger partial charge in [0.2, 0.25) is 0 Å². The second-order valence-electron chi connectivity index (χ2n) is 4.58. The number of alkyl carbamates (subject to hydrolysis) is 2. The van der Waals surface area contributed by atoms with Crippen molar-refractivity contribution in [3.05, 3.63) is 0 Å². The molecule has 0 spiro atoms. The predicted octanol–water partition coefficient (Wildman–Crippen LogP) is 1.63. The molecule has 0 aromatic rings. The molecule has 0 atom stereocenters. The number of amides is 2. The number of carbonyl (C=O) groups excluding carboxylic acids is 2. The van der Waals surface area contributed by atoms with Crippen LogP contribution in [0.1, 0.15) is 39.5 Å². The molecule has 0 unspecified atom stereocenters. The van der Waals surface area contributed by atoms with Crippen LogP contribution < -0.4 is 16.0 Å². The van der Waals surface area contributed by atoms with Crippen LogP contribution in [-0.4, -0.2) is 51.6 Å². The maximum atomic E-state index is 11.2. The molecule has 0 aliphatic carbocycles. The van der Waals surface area contributed by atoms with Gasteiger partial charge < -0.3 is 25.4 Å². The largest absolute Gasteiger partial charge is 0.450 e. The van der Waals surface area contributed by atoms with Gasteiger partial charge in [0.05, 0.1) is 13.2 Å². The lowest BCUT2D eigenvalue weighted by Gasteiger charge is -2.08. The fourth-order valence-electron chi connectivity index (χ4n) is 1.35. The Morgan fingerprint density at radius 1 is 0.762 bits per heavy atom. The van der Waals surface area contributed by atoms with Gasteiger partial charge >= 0.3 is 12.2 Å². The van der Waals surface area contributed by atoms with E-state index in [9.17, 15) is 9.59 Å². The molecule has 0 heterocycles. The first-order chi connectivity index (χ1) is 10.2. The normalized spacial score (nSPS) is 10.0. The fraction of sp³-hybridized carbons (Fsp3) is 0.857. The fourth-order valence-corrected chi connectivity index (χ4v) is 1.35. The third-order valence-corrected chi connectivity index (χ3v) is 2.60. The van der Waals surface area contributed by atoms with Crippen LogP contribution in [0.4, 0.5) is 9.59 Å². The minimum Gasteiger partial charge on any atom is -0.450 e. The SMILES string of the molecule is CCCCOC(=O)NCCNCCNC(=O)OCCCC. The first-order valence-corrected chi connectivity index (χ1v) is 7.72. The average Bonchev–Trinajstić information content (AvgIpc) is 2.47. The van der Waals surface area contributed by atoms with Crippen LogP contribution in [0.25, 0.3) is 0 Å². The quantitative estimate of drug-likeness (QED) is 0.477. The highest BCUT2D eigenvalue weighted by Crippen LogP contribution is 1.88. The van der Waals surface area contributed by atoms with Crippen molar-refractivity contribution < 1.29 is 19.1 Å². The van der Waals surface area contributed by atoms with Gasteiger partial charge in [0.1, 0.15) is 0 Å². The molecular weight excluding hydrogens is 274 g/mol. The van der Waals surface area contributed by atoms with Crippen molar-refractivity contribution in [3.63, 3.8) is 0 Å².